The summed E-state index contributed by atoms with van der Waals surface area (Å²) in [6.07, 6.45) is 1.03. The fourth-order valence-electron chi connectivity index (χ4n) is 2.13. The topological polar surface area (TPSA) is 66.4 Å². The summed E-state index contributed by atoms with van der Waals surface area (Å²) in [4.78, 5) is 0.270. The van der Waals surface area contributed by atoms with Gasteiger partial charge in [0, 0.05) is 6.54 Å². The molecular weight excluding hydrogens is 262 g/mol. The highest BCUT2D eigenvalue weighted by Gasteiger charge is 2.20. The van der Waals surface area contributed by atoms with Gasteiger partial charge >= 0.3 is 0 Å². The van der Waals surface area contributed by atoms with Gasteiger partial charge in [-0.3, -0.25) is 0 Å². The van der Waals surface area contributed by atoms with Crippen LogP contribution in [-0.4, -0.2) is 26.2 Å². The number of aliphatic hydroxyl groups excluding tert-OH is 1. The van der Waals surface area contributed by atoms with E-state index in [2.05, 4.69) is 4.72 Å². The standard InChI is InChI=1S/C14H23NO3S/c1-4-12(5-2)13(16)10-15-19(17,18)14-9-7-6-8-11(14)3/h6-9,12-13,15-16H,4-5,10H2,1-3H3. The first kappa shape index (κ1) is 16.1. The van der Waals surface area contributed by atoms with Crippen LogP contribution in [0.5, 0.6) is 0 Å². The Kier molecular flexibility index (Phi) is 5.97. The molecule has 1 aromatic rings. The Bertz CT molecular complexity index is 495. The van der Waals surface area contributed by atoms with E-state index >= 15 is 0 Å². The second kappa shape index (κ2) is 7.03. The maximum atomic E-state index is 12.1. The molecule has 1 unspecified atom stereocenters. The highest BCUT2D eigenvalue weighted by molar-refractivity contribution is 7.89. The van der Waals surface area contributed by atoms with E-state index in [-0.39, 0.29) is 17.4 Å². The number of nitrogens with one attached hydrogen (secondary N) is 1. The quantitative estimate of drug-likeness (QED) is 0.806. The molecule has 108 valence electrons. The molecule has 0 aliphatic rings. The lowest BCUT2D eigenvalue weighted by molar-refractivity contribution is 0.107. The predicted octanol–water partition coefficient (Wildman–Crippen LogP) is 2.07. The third-order valence-electron chi connectivity index (χ3n) is 3.46. The Hall–Kier alpha value is -0.910. The predicted molar refractivity (Wildman–Crippen MR) is 76.4 cm³/mol. The van der Waals surface area contributed by atoms with Crippen molar-refractivity contribution in [3.05, 3.63) is 29.8 Å². The van der Waals surface area contributed by atoms with E-state index in [1.807, 2.05) is 13.8 Å². The summed E-state index contributed by atoms with van der Waals surface area (Å²) in [5, 5.41) is 9.96. The summed E-state index contributed by atoms with van der Waals surface area (Å²) >= 11 is 0. The number of aryl methyl sites for hydroxylation is 1. The van der Waals surface area contributed by atoms with Crippen LogP contribution in [0.2, 0.25) is 0 Å². The van der Waals surface area contributed by atoms with Crippen LogP contribution in [0.3, 0.4) is 0 Å². The molecule has 0 amide bonds. The van der Waals surface area contributed by atoms with Crippen molar-refractivity contribution >= 4 is 10.0 Å². The monoisotopic (exact) mass is 285 g/mol. The lowest BCUT2D eigenvalue weighted by Gasteiger charge is -2.20. The largest absolute Gasteiger partial charge is 0.391 e. The van der Waals surface area contributed by atoms with E-state index in [4.69, 9.17) is 0 Å². The number of aliphatic hydroxyl groups is 1. The van der Waals surface area contributed by atoms with Crippen LogP contribution in [0, 0.1) is 12.8 Å². The Balaban J connectivity index is 2.74. The molecule has 0 saturated heterocycles. The first-order chi connectivity index (χ1) is 8.92. The van der Waals surface area contributed by atoms with E-state index in [1.165, 1.54) is 0 Å². The molecule has 1 atom stereocenters. The molecular formula is C14H23NO3S. The average molecular weight is 285 g/mol. The summed E-state index contributed by atoms with van der Waals surface area (Å²) in [6.45, 7) is 5.80. The van der Waals surface area contributed by atoms with Gasteiger partial charge in [0.1, 0.15) is 0 Å². The van der Waals surface area contributed by atoms with Crippen LogP contribution in [-0.2, 0) is 10.0 Å². The molecule has 0 aliphatic carbocycles. The molecule has 2 N–H and O–H groups in total. The lowest BCUT2D eigenvalue weighted by atomic mass is 9.97. The van der Waals surface area contributed by atoms with E-state index in [0.29, 0.717) is 5.56 Å². The molecule has 0 saturated carbocycles. The van der Waals surface area contributed by atoms with Crippen molar-refractivity contribution in [3.63, 3.8) is 0 Å². The van der Waals surface area contributed by atoms with Crippen LogP contribution in [0.1, 0.15) is 32.3 Å². The summed E-state index contributed by atoms with van der Waals surface area (Å²) in [5.41, 5.74) is 0.701. The van der Waals surface area contributed by atoms with Crippen molar-refractivity contribution in [2.24, 2.45) is 5.92 Å². The smallest absolute Gasteiger partial charge is 0.240 e. The normalized spacial score (nSPS) is 13.7. The minimum absolute atomic E-state index is 0.0585. The van der Waals surface area contributed by atoms with Gasteiger partial charge in [0.05, 0.1) is 11.0 Å². The minimum atomic E-state index is -3.55. The molecule has 0 spiro atoms. The molecule has 19 heavy (non-hydrogen) atoms. The van der Waals surface area contributed by atoms with Crippen LogP contribution in [0.15, 0.2) is 29.2 Å². The van der Waals surface area contributed by atoms with E-state index in [9.17, 15) is 13.5 Å². The molecule has 0 radical (unpaired) electrons. The van der Waals surface area contributed by atoms with Gasteiger partial charge in [-0.1, -0.05) is 44.9 Å². The van der Waals surface area contributed by atoms with Crippen molar-refractivity contribution in [2.45, 2.75) is 44.6 Å². The molecule has 1 rings (SSSR count). The number of benzene rings is 1. The molecule has 0 bridgehead atoms. The van der Waals surface area contributed by atoms with Crippen molar-refractivity contribution in [2.75, 3.05) is 6.54 Å². The number of hydrogen-bond acceptors (Lipinski definition) is 3. The fraction of sp³-hybridized carbons (Fsp3) is 0.571. The van der Waals surface area contributed by atoms with Gasteiger partial charge in [0.25, 0.3) is 0 Å². The lowest BCUT2D eigenvalue weighted by Crippen LogP contribution is -2.36. The van der Waals surface area contributed by atoms with Gasteiger partial charge in [0.15, 0.2) is 0 Å². The second-order valence-electron chi connectivity index (χ2n) is 4.76. The number of rotatable bonds is 7. The highest BCUT2D eigenvalue weighted by Crippen LogP contribution is 2.16. The molecule has 0 aliphatic heterocycles. The van der Waals surface area contributed by atoms with Gasteiger partial charge in [-0.15, -0.1) is 0 Å². The molecule has 0 heterocycles. The third kappa shape index (κ3) is 4.30. The van der Waals surface area contributed by atoms with Gasteiger partial charge < -0.3 is 5.11 Å². The zero-order chi connectivity index (χ0) is 14.5. The maximum Gasteiger partial charge on any atom is 0.240 e. The van der Waals surface area contributed by atoms with Crippen molar-refractivity contribution in [1.29, 1.82) is 0 Å². The molecule has 0 fully saturated rings. The summed E-state index contributed by atoms with van der Waals surface area (Å²) in [6, 6.07) is 6.82. The molecule has 0 aromatic heterocycles. The van der Waals surface area contributed by atoms with Gasteiger partial charge in [-0.2, -0.15) is 0 Å². The Morgan fingerprint density at radius 2 is 1.79 bits per heavy atom. The van der Waals surface area contributed by atoms with Crippen molar-refractivity contribution in [1.82, 2.24) is 4.72 Å². The van der Waals surface area contributed by atoms with Crippen molar-refractivity contribution in [3.8, 4) is 0 Å². The summed E-state index contributed by atoms with van der Waals surface area (Å²) in [5.74, 6) is 0.125. The van der Waals surface area contributed by atoms with E-state index in [0.717, 1.165) is 12.8 Å². The van der Waals surface area contributed by atoms with Crippen LogP contribution in [0.4, 0.5) is 0 Å². The van der Waals surface area contributed by atoms with Gasteiger partial charge in [-0.25, -0.2) is 13.1 Å². The maximum absolute atomic E-state index is 12.1. The first-order valence-corrected chi connectivity index (χ1v) is 8.14. The van der Waals surface area contributed by atoms with Crippen LogP contribution in [0.25, 0.3) is 0 Å². The SMILES string of the molecule is CCC(CC)C(O)CNS(=O)(=O)c1ccccc1C. The fourth-order valence-corrected chi connectivity index (χ4v) is 3.43. The first-order valence-electron chi connectivity index (χ1n) is 6.65. The molecule has 5 heteroatoms. The van der Waals surface area contributed by atoms with Gasteiger partial charge in [-0.05, 0) is 24.5 Å². The number of sulfonamides is 1. The van der Waals surface area contributed by atoms with E-state index < -0.39 is 16.1 Å². The number of hydrogen-bond donors (Lipinski definition) is 2. The zero-order valence-electron chi connectivity index (χ0n) is 11.8. The van der Waals surface area contributed by atoms with Crippen LogP contribution < -0.4 is 4.72 Å². The van der Waals surface area contributed by atoms with Gasteiger partial charge in [0.2, 0.25) is 10.0 Å². The average Bonchev–Trinajstić information content (AvgIpc) is 2.38. The van der Waals surface area contributed by atoms with Crippen LogP contribution >= 0.6 is 0 Å². The summed E-state index contributed by atoms with van der Waals surface area (Å²) < 4.78 is 26.8. The third-order valence-corrected chi connectivity index (χ3v) is 5.04. The second-order valence-corrected chi connectivity index (χ2v) is 6.50. The Morgan fingerprint density at radius 3 is 2.32 bits per heavy atom. The molecule has 4 nitrogen and oxygen atoms in total. The summed E-state index contributed by atoms with van der Waals surface area (Å²) in [7, 11) is -3.55. The minimum Gasteiger partial charge on any atom is -0.391 e. The molecule has 1 aromatic carbocycles. The highest BCUT2D eigenvalue weighted by atomic mass is 32.2. The van der Waals surface area contributed by atoms with E-state index in [1.54, 1.807) is 31.2 Å². The Morgan fingerprint density at radius 1 is 1.21 bits per heavy atom. The zero-order valence-corrected chi connectivity index (χ0v) is 12.6. The van der Waals surface area contributed by atoms with Crippen molar-refractivity contribution < 1.29 is 13.5 Å². The Labute approximate surface area is 115 Å².